The molecule has 4 rings (SSSR count). The van der Waals surface area contributed by atoms with E-state index in [0.717, 1.165) is 12.5 Å². The molecule has 11 heteroatoms. The molecule has 1 aromatic carbocycles. The molecular weight excluding hydrogens is 409 g/mol. The topological polar surface area (TPSA) is 131 Å². The standard InChI is InChI=1S/C20H20FN5O5/c1-10-3-5-12(6-4-10)20(28)29-8-14-15(21)16(30-11(2)27)19(31-14)26-18-13(7-25-26)17(22)23-9-24-18/h3-7,9,14-16,19H,8H2,1-2H3,(H2,22,23,24)/t14-,15-,16-,19-/m1/s1. The van der Waals surface area contributed by atoms with Crippen LogP contribution in [-0.4, -0.2) is 56.7 Å². The minimum Gasteiger partial charge on any atom is -0.459 e. The second-order valence-corrected chi connectivity index (χ2v) is 7.13. The second kappa shape index (κ2) is 8.26. The molecule has 0 radical (unpaired) electrons. The molecule has 0 aliphatic carbocycles. The molecule has 1 fully saturated rings. The van der Waals surface area contributed by atoms with Crippen LogP contribution in [0.2, 0.25) is 0 Å². The summed E-state index contributed by atoms with van der Waals surface area (Å²) in [6.07, 6.45) is -2.75. The summed E-state index contributed by atoms with van der Waals surface area (Å²) >= 11 is 0. The number of nitrogens with two attached hydrogens (primary N) is 1. The summed E-state index contributed by atoms with van der Waals surface area (Å²) in [7, 11) is 0. The number of alkyl halides is 1. The van der Waals surface area contributed by atoms with Gasteiger partial charge in [0.15, 0.2) is 24.2 Å². The smallest absolute Gasteiger partial charge is 0.338 e. The van der Waals surface area contributed by atoms with Gasteiger partial charge in [-0.3, -0.25) is 4.79 Å². The van der Waals surface area contributed by atoms with Gasteiger partial charge in [0.2, 0.25) is 0 Å². The van der Waals surface area contributed by atoms with Gasteiger partial charge in [-0.1, -0.05) is 17.7 Å². The maximum atomic E-state index is 15.1. The zero-order valence-corrected chi connectivity index (χ0v) is 16.8. The number of aryl methyl sites for hydroxylation is 1. The van der Waals surface area contributed by atoms with Gasteiger partial charge < -0.3 is 19.9 Å². The molecule has 0 amide bonds. The zero-order valence-electron chi connectivity index (χ0n) is 16.8. The van der Waals surface area contributed by atoms with Gasteiger partial charge in [-0.15, -0.1) is 0 Å². The minimum atomic E-state index is -1.77. The molecule has 0 spiro atoms. The molecule has 162 valence electrons. The molecule has 0 saturated carbocycles. The van der Waals surface area contributed by atoms with Crippen LogP contribution in [0.3, 0.4) is 0 Å². The van der Waals surface area contributed by atoms with E-state index in [0.29, 0.717) is 16.6 Å². The first-order valence-corrected chi connectivity index (χ1v) is 9.49. The average Bonchev–Trinajstić information content (AvgIpc) is 3.29. The first-order valence-electron chi connectivity index (χ1n) is 9.49. The van der Waals surface area contributed by atoms with Crippen molar-refractivity contribution >= 4 is 28.8 Å². The number of fused-ring (bicyclic) bond motifs is 1. The highest BCUT2D eigenvalue weighted by Gasteiger charge is 2.50. The van der Waals surface area contributed by atoms with Crippen molar-refractivity contribution in [1.29, 1.82) is 0 Å². The number of anilines is 1. The van der Waals surface area contributed by atoms with Gasteiger partial charge in [0.1, 0.15) is 24.9 Å². The van der Waals surface area contributed by atoms with E-state index < -0.39 is 36.5 Å². The molecule has 31 heavy (non-hydrogen) atoms. The van der Waals surface area contributed by atoms with E-state index in [1.807, 2.05) is 6.92 Å². The van der Waals surface area contributed by atoms with Crippen molar-refractivity contribution in [2.45, 2.75) is 38.5 Å². The van der Waals surface area contributed by atoms with E-state index in [2.05, 4.69) is 15.1 Å². The number of carbonyl (C=O) groups excluding carboxylic acids is 2. The van der Waals surface area contributed by atoms with Crippen molar-refractivity contribution in [2.75, 3.05) is 12.3 Å². The van der Waals surface area contributed by atoms with Gasteiger partial charge in [0.05, 0.1) is 17.1 Å². The molecule has 10 nitrogen and oxygen atoms in total. The number of nitrogen functional groups attached to an aromatic ring is 1. The van der Waals surface area contributed by atoms with Crippen molar-refractivity contribution in [3.8, 4) is 0 Å². The fraction of sp³-hybridized carbons (Fsp3) is 0.350. The van der Waals surface area contributed by atoms with Crippen molar-refractivity contribution in [3.05, 3.63) is 47.9 Å². The summed E-state index contributed by atoms with van der Waals surface area (Å²) in [5.74, 6) is -1.11. The van der Waals surface area contributed by atoms with Crippen LogP contribution in [0, 0.1) is 6.92 Å². The summed E-state index contributed by atoms with van der Waals surface area (Å²) in [5.41, 5.74) is 7.43. The number of aromatic nitrogens is 4. The number of hydrogen-bond acceptors (Lipinski definition) is 9. The molecule has 1 saturated heterocycles. The lowest BCUT2D eigenvalue weighted by atomic mass is 10.1. The number of esters is 2. The van der Waals surface area contributed by atoms with Crippen LogP contribution in [0.1, 0.15) is 29.1 Å². The first-order chi connectivity index (χ1) is 14.8. The van der Waals surface area contributed by atoms with Gasteiger partial charge >= 0.3 is 11.9 Å². The molecule has 4 atom stereocenters. The third-order valence-corrected chi connectivity index (χ3v) is 4.90. The van der Waals surface area contributed by atoms with Crippen LogP contribution in [0.4, 0.5) is 10.2 Å². The van der Waals surface area contributed by atoms with E-state index in [1.165, 1.54) is 17.2 Å². The molecular formula is C20H20FN5O5. The fourth-order valence-corrected chi connectivity index (χ4v) is 3.34. The molecule has 3 heterocycles. The van der Waals surface area contributed by atoms with Gasteiger partial charge in [0, 0.05) is 6.92 Å². The second-order valence-electron chi connectivity index (χ2n) is 7.13. The summed E-state index contributed by atoms with van der Waals surface area (Å²) in [4.78, 5) is 31.8. The van der Waals surface area contributed by atoms with Crippen LogP contribution in [-0.2, 0) is 19.0 Å². The summed E-state index contributed by atoms with van der Waals surface area (Å²) in [5, 5.41) is 4.60. The average molecular weight is 429 g/mol. The predicted octanol–water partition coefficient (Wildman–Crippen LogP) is 1.74. The Morgan fingerprint density at radius 1 is 1.26 bits per heavy atom. The lowest BCUT2D eigenvalue weighted by molar-refractivity contribution is -0.154. The van der Waals surface area contributed by atoms with Crippen molar-refractivity contribution in [3.63, 3.8) is 0 Å². The van der Waals surface area contributed by atoms with Crippen molar-refractivity contribution < 1.29 is 28.2 Å². The summed E-state index contributed by atoms with van der Waals surface area (Å²) < 4.78 is 32.6. The van der Waals surface area contributed by atoms with Gasteiger partial charge in [0.25, 0.3) is 0 Å². The highest BCUT2D eigenvalue weighted by atomic mass is 19.1. The Balaban J connectivity index is 1.55. The maximum Gasteiger partial charge on any atom is 0.338 e. The summed E-state index contributed by atoms with van der Waals surface area (Å²) in [6, 6.07) is 6.77. The first kappa shape index (κ1) is 20.7. The molecule has 2 N–H and O–H groups in total. The van der Waals surface area contributed by atoms with E-state index >= 15 is 4.39 Å². The van der Waals surface area contributed by atoms with E-state index in [-0.39, 0.29) is 12.4 Å². The predicted molar refractivity (Wildman–Crippen MR) is 106 cm³/mol. The normalized spacial score (nSPS) is 23.1. The zero-order chi connectivity index (χ0) is 22.1. The number of halogens is 1. The molecule has 2 aromatic heterocycles. The number of nitrogens with zero attached hydrogens (tertiary/aromatic N) is 4. The molecule has 1 aliphatic heterocycles. The quantitative estimate of drug-likeness (QED) is 0.602. The molecule has 0 bridgehead atoms. The minimum absolute atomic E-state index is 0.193. The van der Waals surface area contributed by atoms with Crippen LogP contribution in [0.15, 0.2) is 36.8 Å². The SMILES string of the molecule is CC(=O)O[C@@H]1[C@H](F)[C@@H](COC(=O)c2ccc(C)cc2)O[C@H]1n1ncc2c(N)ncnc21. The Morgan fingerprint density at radius 3 is 2.71 bits per heavy atom. The van der Waals surface area contributed by atoms with Gasteiger partial charge in [-0.2, -0.15) is 5.10 Å². The number of hydrogen-bond donors (Lipinski definition) is 1. The Hall–Kier alpha value is -3.60. The van der Waals surface area contributed by atoms with E-state index in [4.69, 9.17) is 19.9 Å². The number of rotatable bonds is 5. The van der Waals surface area contributed by atoms with E-state index in [9.17, 15) is 9.59 Å². The van der Waals surface area contributed by atoms with Crippen molar-refractivity contribution in [2.24, 2.45) is 0 Å². The largest absolute Gasteiger partial charge is 0.459 e. The lowest BCUT2D eigenvalue weighted by Gasteiger charge is -2.19. The number of ether oxygens (including phenoxy) is 3. The monoisotopic (exact) mass is 429 g/mol. The molecule has 3 aromatic rings. The Bertz CT molecular complexity index is 1120. The van der Waals surface area contributed by atoms with Crippen LogP contribution in [0.25, 0.3) is 11.0 Å². The van der Waals surface area contributed by atoms with Crippen LogP contribution < -0.4 is 5.73 Å². The van der Waals surface area contributed by atoms with Crippen LogP contribution in [0.5, 0.6) is 0 Å². The van der Waals surface area contributed by atoms with E-state index in [1.54, 1.807) is 24.3 Å². The highest BCUT2D eigenvalue weighted by molar-refractivity contribution is 5.89. The third kappa shape index (κ3) is 4.04. The lowest BCUT2D eigenvalue weighted by Crippen LogP contribution is -2.34. The fourth-order valence-electron chi connectivity index (χ4n) is 3.34. The van der Waals surface area contributed by atoms with Gasteiger partial charge in [-0.05, 0) is 19.1 Å². The maximum absolute atomic E-state index is 15.1. The molecule has 1 aliphatic rings. The Kier molecular flexibility index (Phi) is 5.51. The number of carbonyl (C=O) groups is 2. The summed E-state index contributed by atoms with van der Waals surface area (Å²) in [6.45, 7) is 2.68. The third-order valence-electron chi connectivity index (χ3n) is 4.90. The highest BCUT2D eigenvalue weighted by Crippen LogP contribution is 2.35. The Morgan fingerprint density at radius 2 is 2.00 bits per heavy atom. The molecule has 0 unspecified atom stereocenters. The number of benzene rings is 1. The van der Waals surface area contributed by atoms with Crippen molar-refractivity contribution in [1.82, 2.24) is 19.7 Å². The van der Waals surface area contributed by atoms with Gasteiger partial charge in [-0.25, -0.2) is 23.8 Å². The Labute approximate surface area is 176 Å². The van der Waals surface area contributed by atoms with Crippen LogP contribution >= 0.6 is 0 Å².